The molecule has 0 amide bonds. The molecule has 0 bridgehead atoms. The van der Waals surface area contributed by atoms with Gasteiger partial charge in [0.05, 0.1) is 13.2 Å². The van der Waals surface area contributed by atoms with Crippen molar-refractivity contribution in [2.45, 2.75) is 25.6 Å². The van der Waals surface area contributed by atoms with Gasteiger partial charge in [0.2, 0.25) is 0 Å². The monoisotopic (exact) mass is 286 g/mol. The number of aliphatic hydroxyl groups excluding tert-OH is 2. The van der Waals surface area contributed by atoms with Gasteiger partial charge in [0.1, 0.15) is 17.6 Å². The zero-order valence-corrected chi connectivity index (χ0v) is 11.7. The molecular weight excluding hydrogens is 268 g/mol. The fraction of sp³-hybridized carbons (Fsp3) is 0.462. The van der Waals surface area contributed by atoms with E-state index in [1.54, 1.807) is 6.07 Å². The number of carbonyl (C=O) groups is 1. The maximum absolute atomic E-state index is 10.8. The van der Waals surface area contributed by atoms with Crippen LogP contribution in [0.15, 0.2) is 18.2 Å². The predicted octanol–water partition coefficient (Wildman–Crippen LogP) is 1.46. The molecule has 0 spiro atoms. The van der Waals surface area contributed by atoms with Crippen molar-refractivity contribution >= 4 is 16.9 Å². The van der Waals surface area contributed by atoms with E-state index in [9.17, 15) is 20.1 Å². The second kappa shape index (κ2) is 7.37. The molecule has 0 aliphatic carbocycles. The summed E-state index contributed by atoms with van der Waals surface area (Å²) >= 11 is 1.09. The minimum atomic E-state index is -1.20. The van der Waals surface area contributed by atoms with E-state index in [0.717, 1.165) is 11.8 Å². The molecule has 5 nitrogen and oxygen atoms in total. The van der Waals surface area contributed by atoms with Gasteiger partial charge in [-0.05, 0) is 18.6 Å². The third-order valence-corrected chi connectivity index (χ3v) is 3.49. The van der Waals surface area contributed by atoms with Crippen LogP contribution in [0.25, 0.3) is 0 Å². The van der Waals surface area contributed by atoms with Crippen molar-refractivity contribution in [3.63, 3.8) is 0 Å². The topological polar surface area (TPSA) is 87.0 Å². The summed E-state index contributed by atoms with van der Waals surface area (Å²) in [5.74, 6) is 0.755. The average Bonchev–Trinajstić information content (AvgIpc) is 2.37. The molecule has 19 heavy (non-hydrogen) atoms. The number of ether oxygens (including phenoxy) is 1. The zero-order chi connectivity index (χ0) is 14.4. The van der Waals surface area contributed by atoms with E-state index < -0.39 is 12.2 Å². The van der Waals surface area contributed by atoms with Crippen molar-refractivity contribution in [3.8, 4) is 11.5 Å². The summed E-state index contributed by atoms with van der Waals surface area (Å²) in [6, 6.07) is 4.46. The third-order valence-electron chi connectivity index (χ3n) is 2.64. The van der Waals surface area contributed by atoms with Gasteiger partial charge in [-0.1, -0.05) is 11.8 Å². The minimum Gasteiger partial charge on any atom is -0.507 e. The number of phenolic OH excluding ortho intramolecular Hbond substituents is 1. The number of methoxy groups -OCH3 is 1. The molecule has 0 aliphatic rings. The van der Waals surface area contributed by atoms with Gasteiger partial charge in [-0.2, -0.15) is 0 Å². The van der Waals surface area contributed by atoms with E-state index >= 15 is 0 Å². The Hall–Kier alpha value is -1.24. The van der Waals surface area contributed by atoms with Gasteiger partial charge in [-0.3, -0.25) is 4.79 Å². The number of benzene rings is 1. The molecule has 6 heteroatoms. The fourth-order valence-corrected chi connectivity index (χ4v) is 2.24. The van der Waals surface area contributed by atoms with E-state index in [4.69, 9.17) is 4.74 Å². The number of thioether (sulfide) groups is 1. The minimum absolute atomic E-state index is 0.0333. The molecule has 2 unspecified atom stereocenters. The van der Waals surface area contributed by atoms with Gasteiger partial charge in [0.15, 0.2) is 5.12 Å². The standard InChI is InChI=1S/C13H18O5S/c1-8(14)19-6-5-11(15)13(17)10-4-3-9(18-2)7-12(10)16/h3-4,7,11,13,15-17H,5-6H2,1-2H3. The van der Waals surface area contributed by atoms with Crippen LogP contribution in [0.3, 0.4) is 0 Å². The Morgan fingerprint density at radius 1 is 1.42 bits per heavy atom. The summed E-state index contributed by atoms with van der Waals surface area (Å²) in [6.45, 7) is 1.45. The number of hydrogen-bond donors (Lipinski definition) is 3. The number of aliphatic hydroxyl groups is 2. The van der Waals surface area contributed by atoms with Gasteiger partial charge in [-0.15, -0.1) is 0 Å². The molecule has 0 radical (unpaired) electrons. The first-order valence-corrected chi connectivity index (χ1v) is 6.80. The lowest BCUT2D eigenvalue weighted by Gasteiger charge is -2.19. The van der Waals surface area contributed by atoms with Crippen molar-refractivity contribution in [1.82, 2.24) is 0 Å². The molecule has 0 fully saturated rings. The van der Waals surface area contributed by atoms with Crippen molar-refractivity contribution < 1.29 is 24.9 Å². The maximum atomic E-state index is 10.8. The van der Waals surface area contributed by atoms with Crippen molar-refractivity contribution in [2.75, 3.05) is 12.9 Å². The van der Waals surface area contributed by atoms with Gasteiger partial charge >= 0.3 is 0 Å². The number of carbonyl (C=O) groups excluding carboxylic acids is 1. The van der Waals surface area contributed by atoms with Crippen molar-refractivity contribution in [2.24, 2.45) is 0 Å². The molecule has 3 N–H and O–H groups in total. The van der Waals surface area contributed by atoms with Crippen molar-refractivity contribution in [3.05, 3.63) is 23.8 Å². The summed E-state index contributed by atoms with van der Waals surface area (Å²) in [5.41, 5.74) is 0.237. The predicted molar refractivity (Wildman–Crippen MR) is 73.4 cm³/mol. The van der Waals surface area contributed by atoms with Crippen molar-refractivity contribution in [1.29, 1.82) is 0 Å². The van der Waals surface area contributed by atoms with Crippen LogP contribution < -0.4 is 4.74 Å². The SMILES string of the molecule is COc1ccc(C(O)C(O)CCSC(C)=O)c(O)c1. The molecule has 106 valence electrons. The Labute approximate surface area is 116 Å². The van der Waals surface area contributed by atoms with E-state index in [2.05, 4.69) is 0 Å². The highest BCUT2D eigenvalue weighted by molar-refractivity contribution is 8.13. The van der Waals surface area contributed by atoms with Crippen LogP contribution in [0.2, 0.25) is 0 Å². The Morgan fingerprint density at radius 2 is 2.11 bits per heavy atom. The van der Waals surface area contributed by atoms with E-state index in [1.165, 1.54) is 26.2 Å². The highest BCUT2D eigenvalue weighted by Gasteiger charge is 2.21. The molecule has 2 atom stereocenters. The first kappa shape index (κ1) is 15.8. The number of hydrogen-bond acceptors (Lipinski definition) is 6. The van der Waals surface area contributed by atoms with E-state index in [1.807, 2.05) is 0 Å². The average molecular weight is 286 g/mol. The molecule has 1 aromatic rings. The Morgan fingerprint density at radius 3 is 2.63 bits per heavy atom. The summed E-state index contributed by atoms with van der Waals surface area (Å²) in [6.07, 6.45) is -1.97. The van der Waals surface area contributed by atoms with Gasteiger partial charge in [0, 0.05) is 24.3 Å². The second-order valence-corrected chi connectivity index (χ2v) is 5.34. The molecule has 0 saturated heterocycles. The Kier molecular flexibility index (Phi) is 6.14. The highest BCUT2D eigenvalue weighted by Crippen LogP contribution is 2.31. The van der Waals surface area contributed by atoms with Gasteiger partial charge in [-0.25, -0.2) is 0 Å². The summed E-state index contributed by atoms with van der Waals surface area (Å²) in [5, 5.41) is 29.5. The van der Waals surface area contributed by atoms with Crippen LogP contribution in [0, 0.1) is 0 Å². The molecule has 0 aromatic heterocycles. The van der Waals surface area contributed by atoms with Crippen LogP contribution in [-0.4, -0.2) is 39.4 Å². The quantitative estimate of drug-likeness (QED) is 0.734. The third kappa shape index (κ3) is 4.74. The van der Waals surface area contributed by atoms with Crippen LogP contribution in [-0.2, 0) is 4.79 Å². The van der Waals surface area contributed by atoms with Crippen LogP contribution in [0.4, 0.5) is 0 Å². The van der Waals surface area contributed by atoms with E-state index in [0.29, 0.717) is 11.5 Å². The molecule has 1 rings (SSSR count). The Bertz CT molecular complexity index is 435. The largest absolute Gasteiger partial charge is 0.507 e. The van der Waals surface area contributed by atoms with Gasteiger partial charge < -0.3 is 20.1 Å². The van der Waals surface area contributed by atoms with Gasteiger partial charge in [0.25, 0.3) is 0 Å². The molecule has 1 aromatic carbocycles. The maximum Gasteiger partial charge on any atom is 0.185 e. The van der Waals surface area contributed by atoms with Crippen LogP contribution in [0.1, 0.15) is 25.0 Å². The molecule has 0 saturated carbocycles. The molecule has 0 heterocycles. The summed E-state index contributed by atoms with van der Waals surface area (Å²) in [7, 11) is 1.47. The second-order valence-electron chi connectivity index (χ2n) is 4.07. The number of phenols is 1. The lowest BCUT2D eigenvalue weighted by molar-refractivity contribution is -0.109. The molecule has 0 aliphatic heterocycles. The summed E-state index contributed by atoms with van der Waals surface area (Å²) in [4.78, 5) is 10.8. The van der Waals surface area contributed by atoms with Crippen LogP contribution in [0.5, 0.6) is 11.5 Å². The molecular formula is C13H18O5S. The van der Waals surface area contributed by atoms with E-state index in [-0.39, 0.29) is 22.8 Å². The smallest absolute Gasteiger partial charge is 0.185 e. The lowest BCUT2D eigenvalue weighted by atomic mass is 10.0. The Balaban J connectivity index is 2.65. The summed E-state index contributed by atoms with van der Waals surface area (Å²) < 4.78 is 4.94. The number of rotatable bonds is 6. The first-order chi connectivity index (χ1) is 8.95. The zero-order valence-electron chi connectivity index (χ0n) is 10.9. The first-order valence-electron chi connectivity index (χ1n) is 5.82. The normalized spacial score (nSPS) is 13.9. The lowest BCUT2D eigenvalue weighted by Crippen LogP contribution is -2.19. The highest BCUT2D eigenvalue weighted by atomic mass is 32.2. The van der Waals surface area contributed by atoms with Crippen LogP contribution >= 0.6 is 11.8 Å². The number of aromatic hydroxyl groups is 1. The fourth-order valence-electron chi connectivity index (χ4n) is 1.59.